The van der Waals surface area contributed by atoms with Gasteiger partial charge in [0.1, 0.15) is 10.8 Å². The van der Waals surface area contributed by atoms with Gasteiger partial charge >= 0.3 is 5.97 Å². The third kappa shape index (κ3) is 5.10. The molecule has 0 aliphatic rings. The Balaban J connectivity index is 2.25. The minimum Gasteiger partial charge on any atom is -0.497 e. The summed E-state index contributed by atoms with van der Waals surface area (Å²) in [5.74, 6) is -0.491. The molecule has 0 saturated heterocycles. The fourth-order valence-electron chi connectivity index (χ4n) is 2.59. The highest BCUT2D eigenvalue weighted by Gasteiger charge is 2.26. The molecule has 150 valence electrons. The predicted octanol–water partition coefficient (Wildman–Crippen LogP) is 3.17. The van der Waals surface area contributed by atoms with Crippen LogP contribution in [0.4, 0.5) is 5.00 Å². The molecule has 0 saturated carbocycles. The Morgan fingerprint density at radius 2 is 1.75 bits per heavy atom. The number of anilines is 1. The molecule has 1 heterocycles. The molecular weight excluding hydrogens is 380 g/mol. The summed E-state index contributed by atoms with van der Waals surface area (Å²) in [5, 5.41) is 5.84. The van der Waals surface area contributed by atoms with Crippen LogP contribution in [0.2, 0.25) is 0 Å². The first-order chi connectivity index (χ1) is 13.3. The Hall–Kier alpha value is -2.87. The number of hydrogen-bond donors (Lipinski definition) is 2. The first kappa shape index (κ1) is 21.4. The Morgan fingerprint density at radius 3 is 2.29 bits per heavy atom. The summed E-state index contributed by atoms with van der Waals surface area (Å²) in [7, 11) is 2.83. The number of nitrogens with one attached hydrogen (secondary N) is 2. The molecule has 2 rings (SSSR count). The van der Waals surface area contributed by atoms with E-state index in [9.17, 15) is 14.4 Å². The summed E-state index contributed by atoms with van der Waals surface area (Å²) in [5.41, 5.74) is 1.48. The second kappa shape index (κ2) is 9.36. The van der Waals surface area contributed by atoms with Gasteiger partial charge in [0, 0.05) is 6.04 Å². The van der Waals surface area contributed by atoms with E-state index < -0.39 is 5.97 Å². The molecule has 8 heteroatoms. The van der Waals surface area contributed by atoms with Crippen LogP contribution in [0, 0.1) is 6.92 Å². The van der Waals surface area contributed by atoms with E-state index >= 15 is 0 Å². The van der Waals surface area contributed by atoms with Gasteiger partial charge in [0.05, 0.1) is 31.1 Å². The summed E-state index contributed by atoms with van der Waals surface area (Å²) < 4.78 is 9.93. The van der Waals surface area contributed by atoms with Crippen molar-refractivity contribution in [2.45, 2.75) is 33.2 Å². The maximum Gasteiger partial charge on any atom is 0.341 e. The second-order valence-electron chi connectivity index (χ2n) is 6.45. The Kier molecular flexibility index (Phi) is 7.17. The average Bonchev–Trinajstić information content (AvgIpc) is 2.97. The van der Waals surface area contributed by atoms with Crippen LogP contribution in [0.5, 0.6) is 5.75 Å². The summed E-state index contributed by atoms with van der Waals surface area (Å²) >= 11 is 1.06. The zero-order valence-electron chi connectivity index (χ0n) is 16.5. The lowest BCUT2D eigenvalue weighted by molar-refractivity contribution is -0.115. The van der Waals surface area contributed by atoms with Gasteiger partial charge in [-0.15, -0.1) is 11.3 Å². The monoisotopic (exact) mass is 404 g/mol. The van der Waals surface area contributed by atoms with Gasteiger partial charge in [-0.05, 0) is 44.0 Å². The molecule has 2 amide bonds. The standard InChI is InChI=1S/C20H24N2O5S/c1-11(2)21-18(24)17-12(3)16(20(25)27-5)19(28-17)22-15(23)10-13-6-8-14(26-4)9-7-13/h6-9,11H,10H2,1-5H3,(H,21,24)(H,22,23). The van der Waals surface area contributed by atoms with Crippen LogP contribution in [0.25, 0.3) is 0 Å². The van der Waals surface area contributed by atoms with E-state index in [4.69, 9.17) is 9.47 Å². The maximum absolute atomic E-state index is 12.5. The fourth-order valence-corrected chi connectivity index (χ4v) is 3.71. The van der Waals surface area contributed by atoms with E-state index in [1.54, 1.807) is 38.3 Å². The van der Waals surface area contributed by atoms with E-state index in [0.717, 1.165) is 16.9 Å². The van der Waals surface area contributed by atoms with E-state index in [2.05, 4.69) is 10.6 Å². The number of rotatable bonds is 7. The van der Waals surface area contributed by atoms with Gasteiger partial charge in [-0.2, -0.15) is 0 Å². The SMILES string of the molecule is COC(=O)c1c(NC(=O)Cc2ccc(OC)cc2)sc(C(=O)NC(C)C)c1C. The van der Waals surface area contributed by atoms with Crippen molar-refractivity contribution in [3.8, 4) is 5.75 Å². The van der Waals surface area contributed by atoms with Crippen molar-refractivity contribution in [3.63, 3.8) is 0 Å². The smallest absolute Gasteiger partial charge is 0.341 e. The van der Waals surface area contributed by atoms with E-state index in [0.29, 0.717) is 21.2 Å². The Labute approximate surface area is 168 Å². The molecule has 1 aromatic heterocycles. The number of amides is 2. The predicted molar refractivity (Wildman–Crippen MR) is 108 cm³/mol. The highest BCUT2D eigenvalue weighted by Crippen LogP contribution is 2.34. The molecular formula is C20H24N2O5S. The topological polar surface area (TPSA) is 93.7 Å². The first-order valence-corrected chi connectivity index (χ1v) is 9.53. The third-order valence-electron chi connectivity index (χ3n) is 3.94. The first-order valence-electron chi connectivity index (χ1n) is 8.72. The number of hydrogen-bond acceptors (Lipinski definition) is 6. The van der Waals surface area contributed by atoms with E-state index in [-0.39, 0.29) is 29.8 Å². The Morgan fingerprint density at radius 1 is 1.11 bits per heavy atom. The molecule has 0 bridgehead atoms. The number of carbonyl (C=O) groups is 3. The molecule has 28 heavy (non-hydrogen) atoms. The highest BCUT2D eigenvalue weighted by molar-refractivity contribution is 7.18. The zero-order chi connectivity index (χ0) is 20.8. The van der Waals surface area contributed by atoms with Crippen molar-refractivity contribution in [1.29, 1.82) is 0 Å². The number of methoxy groups -OCH3 is 2. The number of ether oxygens (including phenoxy) is 2. The molecule has 7 nitrogen and oxygen atoms in total. The van der Waals surface area contributed by atoms with Gasteiger partial charge in [0.15, 0.2) is 0 Å². The van der Waals surface area contributed by atoms with Crippen molar-refractivity contribution < 1.29 is 23.9 Å². The van der Waals surface area contributed by atoms with Crippen LogP contribution >= 0.6 is 11.3 Å². The highest BCUT2D eigenvalue weighted by atomic mass is 32.1. The Bertz CT molecular complexity index is 871. The lowest BCUT2D eigenvalue weighted by Gasteiger charge is -2.07. The largest absolute Gasteiger partial charge is 0.497 e. The molecule has 0 unspecified atom stereocenters. The van der Waals surface area contributed by atoms with Gasteiger partial charge in [0.25, 0.3) is 5.91 Å². The van der Waals surface area contributed by atoms with Gasteiger partial charge in [-0.3, -0.25) is 9.59 Å². The summed E-state index contributed by atoms with van der Waals surface area (Å²) in [4.78, 5) is 37.5. The van der Waals surface area contributed by atoms with Crippen molar-refractivity contribution in [3.05, 3.63) is 45.8 Å². The zero-order valence-corrected chi connectivity index (χ0v) is 17.4. The molecule has 0 spiro atoms. The number of carbonyl (C=O) groups excluding carboxylic acids is 3. The molecule has 2 aromatic rings. The number of esters is 1. The van der Waals surface area contributed by atoms with Crippen molar-refractivity contribution >= 4 is 34.1 Å². The third-order valence-corrected chi connectivity index (χ3v) is 5.14. The minimum atomic E-state index is -0.600. The average molecular weight is 404 g/mol. The van der Waals surface area contributed by atoms with Gasteiger partial charge in [0.2, 0.25) is 5.91 Å². The minimum absolute atomic E-state index is 0.0521. The second-order valence-corrected chi connectivity index (χ2v) is 7.47. The van der Waals surface area contributed by atoms with E-state index in [1.165, 1.54) is 7.11 Å². The summed E-state index contributed by atoms with van der Waals surface area (Å²) in [6, 6.07) is 7.07. The van der Waals surface area contributed by atoms with Crippen LogP contribution in [0.3, 0.4) is 0 Å². The van der Waals surface area contributed by atoms with Gasteiger partial charge in [-0.1, -0.05) is 12.1 Å². The molecule has 0 radical (unpaired) electrons. The van der Waals surface area contributed by atoms with Crippen molar-refractivity contribution in [1.82, 2.24) is 5.32 Å². The molecule has 0 fully saturated rings. The van der Waals surface area contributed by atoms with Crippen LogP contribution in [-0.4, -0.2) is 38.0 Å². The summed E-state index contributed by atoms with van der Waals surface area (Å²) in [6.07, 6.45) is 0.120. The molecule has 2 N–H and O–H groups in total. The molecule has 0 aliphatic heterocycles. The van der Waals surface area contributed by atoms with Crippen LogP contribution in [-0.2, 0) is 16.0 Å². The van der Waals surface area contributed by atoms with Gasteiger partial charge in [-0.25, -0.2) is 4.79 Å². The quantitative estimate of drug-likeness (QED) is 0.692. The lowest BCUT2D eigenvalue weighted by Crippen LogP contribution is -2.29. The lowest BCUT2D eigenvalue weighted by atomic mass is 10.1. The van der Waals surface area contributed by atoms with Crippen molar-refractivity contribution in [2.24, 2.45) is 0 Å². The number of thiophene rings is 1. The van der Waals surface area contributed by atoms with Gasteiger partial charge < -0.3 is 20.1 Å². The van der Waals surface area contributed by atoms with Crippen LogP contribution in [0.15, 0.2) is 24.3 Å². The van der Waals surface area contributed by atoms with Crippen LogP contribution < -0.4 is 15.4 Å². The molecule has 0 atom stereocenters. The number of benzene rings is 1. The molecule has 1 aromatic carbocycles. The van der Waals surface area contributed by atoms with Crippen LogP contribution in [0.1, 0.15) is 45.0 Å². The summed E-state index contributed by atoms with van der Waals surface area (Å²) in [6.45, 7) is 5.36. The van der Waals surface area contributed by atoms with E-state index in [1.807, 2.05) is 13.8 Å². The fraction of sp³-hybridized carbons (Fsp3) is 0.350. The normalized spacial score (nSPS) is 10.5. The van der Waals surface area contributed by atoms with Crippen molar-refractivity contribution in [2.75, 3.05) is 19.5 Å². The maximum atomic E-state index is 12.5. The molecule has 0 aliphatic carbocycles.